The van der Waals surface area contributed by atoms with E-state index in [1.54, 1.807) is 0 Å². The number of nitrogens with two attached hydrogens (primary N) is 1. The maximum Gasteiger partial charge on any atom is 0.0629 e. The highest BCUT2D eigenvalue weighted by Gasteiger charge is 2.14. The maximum atomic E-state index is 5.67. The number of unbranched alkanes of at least 4 members (excludes halogenated alkanes) is 4. The van der Waals surface area contributed by atoms with E-state index in [1.165, 1.54) is 37.8 Å². The Bertz CT molecular complexity index is 333. The molecule has 4 nitrogen and oxygen atoms in total. The van der Waals surface area contributed by atoms with Crippen LogP contribution in [0.15, 0.2) is 6.07 Å². The van der Waals surface area contributed by atoms with Gasteiger partial charge < -0.3 is 0 Å². The van der Waals surface area contributed by atoms with Crippen LogP contribution in [-0.4, -0.2) is 9.78 Å². The fourth-order valence-corrected chi connectivity index (χ4v) is 2.31. The summed E-state index contributed by atoms with van der Waals surface area (Å²) in [5.41, 5.74) is 5.26. The molecule has 3 N–H and O–H groups in total. The van der Waals surface area contributed by atoms with Crippen molar-refractivity contribution < 1.29 is 0 Å². The van der Waals surface area contributed by atoms with Crippen molar-refractivity contribution in [1.29, 1.82) is 0 Å². The molecule has 1 unspecified atom stereocenters. The van der Waals surface area contributed by atoms with Crippen molar-refractivity contribution in [1.82, 2.24) is 15.2 Å². The molecule has 4 heteroatoms. The Balaban J connectivity index is 2.46. The Morgan fingerprint density at radius 1 is 1.28 bits per heavy atom. The van der Waals surface area contributed by atoms with Crippen LogP contribution in [0.3, 0.4) is 0 Å². The topological polar surface area (TPSA) is 55.9 Å². The van der Waals surface area contributed by atoms with Gasteiger partial charge >= 0.3 is 0 Å². The van der Waals surface area contributed by atoms with Gasteiger partial charge in [-0.15, -0.1) is 0 Å². The highest BCUT2D eigenvalue weighted by Crippen LogP contribution is 2.20. The lowest BCUT2D eigenvalue weighted by Gasteiger charge is -2.15. The van der Waals surface area contributed by atoms with Crippen molar-refractivity contribution in [3.05, 3.63) is 17.5 Å². The van der Waals surface area contributed by atoms with Crippen LogP contribution < -0.4 is 11.3 Å². The fraction of sp³-hybridized carbons (Fsp3) is 0.786. The number of hydrogen-bond acceptors (Lipinski definition) is 3. The molecule has 0 radical (unpaired) electrons. The molecule has 104 valence electrons. The van der Waals surface area contributed by atoms with Gasteiger partial charge in [0.1, 0.15) is 0 Å². The predicted molar refractivity (Wildman–Crippen MR) is 76.0 cm³/mol. The van der Waals surface area contributed by atoms with Gasteiger partial charge in [-0.2, -0.15) is 5.10 Å². The Labute approximate surface area is 111 Å². The zero-order chi connectivity index (χ0) is 13.4. The Hall–Kier alpha value is -0.870. The summed E-state index contributed by atoms with van der Waals surface area (Å²) in [5, 5.41) is 4.48. The molecule has 1 atom stereocenters. The second kappa shape index (κ2) is 8.27. The number of nitrogens with one attached hydrogen (secondary N) is 1. The second-order valence-corrected chi connectivity index (χ2v) is 4.96. The summed E-state index contributed by atoms with van der Waals surface area (Å²) in [7, 11) is 2.00. The first-order valence-corrected chi connectivity index (χ1v) is 7.21. The lowest BCUT2D eigenvalue weighted by molar-refractivity contribution is 0.453. The third kappa shape index (κ3) is 4.42. The van der Waals surface area contributed by atoms with Crippen molar-refractivity contribution in [2.75, 3.05) is 0 Å². The zero-order valence-electron chi connectivity index (χ0n) is 12.1. The van der Waals surface area contributed by atoms with Gasteiger partial charge in [-0.3, -0.25) is 16.0 Å². The lowest BCUT2D eigenvalue weighted by atomic mass is 10.0. The smallest absolute Gasteiger partial charge is 0.0629 e. The van der Waals surface area contributed by atoms with Crippen LogP contribution in [0.4, 0.5) is 0 Å². The van der Waals surface area contributed by atoms with Crippen molar-refractivity contribution >= 4 is 0 Å². The molecule has 0 aliphatic carbocycles. The molecule has 1 rings (SSSR count). The Morgan fingerprint density at radius 3 is 2.56 bits per heavy atom. The molecule has 0 fully saturated rings. The zero-order valence-corrected chi connectivity index (χ0v) is 12.1. The number of hydrogen-bond donors (Lipinski definition) is 2. The number of rotatable bonds is 9. The number of nitrogens with zero attached hydrogens (tertiary/aromatic N) is 2. The van der Waals surface area contributed by atoms with E-state index >= 15 is 0 Å². The standard InChI is InChI=1S/C14H28N4/c1-4-6-7-8-9-10-13(16-15)14-11-12(5-2)17-18(14)3/h11,13,16H,4-10,15H2,1-3H3. The van der Waals surface area contributed by atoms with Gasteiger partial charge in [0, 0.05) is 7.05 Å². The molecule has 0 spiro atoms. The Kier molecular flexibility index (Phi) is 6.98. The van der Waals surface area contributed by atoms with E-state index in [-0.39, 0.29) is 6.04 Å². The van der Waals surface area contributed by atoms with Gasteiger partial charge in [0.05, 0.1) is 17.4 Å². The van der Waals surface area contributed by atoms with Crippen molar-refractivity contribution in [3.8, 4) is 0 Å². The van der Waals surface area contributed by atoms with Crippen LogP contribution in [0, 0.1) is 0 Å². The summed E-state index contributed by atoms with van der Waals surface area (Å²) in [4.78, 5) is 0. The molecule has 0 saturated heterocycles. The highest BCUT2D eigenvalue weighted by molar-refractivity contribution is 5.14. The van der Waals surface area contributed by atoms with Crippen LogP contribution in [-0.2, 0) is 13.5 Å². The molecule has 0 aliphatic rings. The first-order valence-electron chi connectivity index (χ1n) is 7.21. The van der Waals surface area contributed by atoms with Crippen LogP contribution in [0.5, 0.6) is 0 Å². The molecule has 0 amide bonds. The maximum absolute atomic E-state index is 5.67. The van der Waals surface area contributed by atoms with Crippen LogP contribution in [0.1, 0.15) is 69.8 Å². The van der Waals surface area contributed by atoms with E-state index in [0.717, 1.165) is 18.5 Å². The van der Waals surface area contributed by atoms with E-state index in [0.29, 0.717) is 0 Å². The van der Waals surface area contributed by atoms with Crippen LogP contribution in [0.2, 0.25) is 0 Å². The van der Waals surface area contributed by atoms with Crippen molar-refractivity contribution in [2.45, 2.75) is 64.8 Å². The van der Waals surface area contributed by atoms with E-state index in [4.69, 9.17) is 5.84 Å². The van der Waals surface area contributed by atoms with E-state index in [2.05, 4.69) is 30.4 Å². The van der Waals surface area contributed by atoms with E-state index in [1.807, 2.05) is 11.7 Å². The average Bonchev–Trinajstić information content (AvgIpc) is 2.75. The van der Waals surface area contributed by atoms with Gasteiger partial charge in [-0.05, 0) is 18.9 Å². The van der Waals surface area contributed by atoms with Crippen LogP contribution in [0.25, 0.3) is 0 Å². The predicted octanol–water partition coefficient (Wildman–Crippen LogP) is 2.85. The number of hydrazine groups is 1. The third-order valence-electron chi connectivity index (χ3n) is 3.48. The number of aromatic nitrogens is 2. The molecule has 1 heterocycles. The Morgan fingerprint density at radius 2 is 2.00 bits per heavy atom. The molecule has 0 aliphatic heterocycles. The molecule has 0 saturated carbocycles. The summed E-state index contributed by atoms with van der Waals surface area (Å²) in [5.74, 6) is 5.67. The monoisotopic (exact) mass is 252 g/mol. The van der Waals surface area contributed by atoms with E-state index < -0.39 is 0 Å². The first-order chi connectivity index (χ1) is 8.72. The first kappa shape index (κ1) is 15.2. The SMILES string of the molecule is CCCCCCCC(NN)c1cc(CC)nn1C. The summed E-state index contributed by atoms with van der Waals surface area (Å²) in [6, 6.07) is 2.39. The minimum absolute atomic E-state index is 0.226. The van der Waals surface area contributed by atoms with Crippen molar-refractivity contribution in [2.24, 2.45) is 12.9 Å². The van der Waals surface area contributed by atoms with Gasteiger partial charge in [-0.25, -0.2) is 0 Å². The molecule has 0 aromatic carbocycles. The van der Waals surface area contributed by atoms with Crippen LogP contribution >= 0.6 is 0 Å². The molecule has 1 aromatic heterocycles. The van der Waals surface area contributed by atoms with Gasteiger partial charge in [-0.1, -0.05) is 46.0 Å². The molecular weight excluding hydrogens is 224 g/mol. The third-order valence-corrected chi connectivity index (χ3v) is 3.48. The number of aryl methyl sites for hydroxylation is 2. The summed E-state index contributed by atoms with van der Waals surface area (Å²) in [6.45, 7) is 4.37. The quantitative estimate of drug-likeness (QED) is 0.404. The van der Waals surface area contributed by atoms with Gasteiger partial charge in [0.2, 0.25) is 0 Å². The minimum atomic E-state index is 0.226. The molecule has 0 bridgehead atoms. The minimum Gasteiger partial charge on any atom is -0.271 e. The normalized spacial score (nSPS) is 12.9. The largest absolute Gasteiger partial charge is 0.271 e. The average molecular weight is 252 g/mol. The van der Waals surface area contributed by atoms with E-state index in [9.17, 15) is 0 Å². The molecular formula is C14H28N4. The second-order valence-electron chi connectivity index (χ2n) is 4.96. The highest BCUT2D eigenvalue weighted by atomic mass is 15.3. The summed E-state index contributed by atoms with van der Waals surface area (Å²) in [6.07, 6.45) is 8.54. The van der Waals surface area contributed by atoms with Gasteiger partial charge in [0.15, 0.2) is 0 Å². The molecule has 1 aromatic rings. The summed E-state index contributed by atoms with van der Waals surface area (Å²) >= 11 is 0. The van der Waals surface area contributed by atoms with Crippen molar-refractivity contribution in [3.63, 3.8) is 0 Å². The fourth-order valence-electron chi connectivity index (χ4n) is 2.31. The van der Waals surface area contributed by atoms with Gasteiger partial charge in [0.25, 0.3) is 0 Å². The lowest BCUT2D eigenvalue weighted by Crippen LogP contribution is -2.29. The molecule has 18 heavy (non-hydrogen) atoms. The summed E-state index contributed by atoms with van der Waals surface area (Å²) < 4.78 is 1.95.